The summed E-state index contributed by atoms with van der Waals surface area (Å²) < 4.78 is 66.2. The summed E-state index contributed by atoms with van der Waals surface area (Å²) in [7, 11) is -1.04. The molecule has 1 saturated heterocycles. The van der Waals surface area contributed by atoms with Crippen LogP contribution in [0.5, 0.6) is 11.5 Å². The molecule has 1 aromatic heterocycles. The molecule has 35 heavy (non-hydrogen) atoms. The number of rotatable bonds is 7. The molecule has 0 saturated carbocycles. The minimum atomic E-state index is -4.25. The predicted molar refractivity (Wildman–Crippen MR) is 137 cm³/mol. The Hall–Kier alpha value is -1.80. The van der Waals surface area contributed by atoms with Gasteiger partial charge < -0.3 is 14.4 Å². The molecule has 0 aliphatic carbocycles. The second-order valence-electron chi connectivity index (χ2n) is 7.66. The van der Waals surface area contributed by atoms with E-state index in [1.165, 1.54) is 11.3 Å². The number of hydrogen-bond acceptors (Lipinski definition) is 7. The summed E-state index contributed by atoms with van der Waals surface area (Å²) in [5, 5.41) is 2.72. The van der Waals surface area contributed by atoms with Crippen LogP contribution in [0.1, 0.15) is 11.3 Å². The molecule has 0 N–H and O–H groups in total. The number of anilines is 1. The van der Waals surface area contributed by atoms with Crippen LogP contribution < -0.4 is 14.4 Å². The molecule has 0 radical (unpaired) electrons. The minimum Gasteiger partial charge on any atom is -0.497 e. The lowest BCUT2D eigenvalue weighted by atomic mass is 10.1. The Labute approximate surface area is 223 Å². The molecule has 1 aliphatic heterocycles. The molecule has 0 atom stereocenters. The first-order valence-electron chi connectivity index (χ1n) is 10.4. The second-order valence-corrected chi connectivity index (χ2v) is 12.0. The molecule has 2 heterocycles. The number of sulfonamides is 1. The highest BCUT2D eigenvalue weighted by Crippen LogP contribution is 2.35. The van der Waals surface area contributed by atoms with Crippen LogP contribution in [0.4, 0.5) is 13.9 Å². The molecular formula is C22H21Br2F2N3O4S2. The smallest absolute Gasteiger partial charge is 0.247 e. The summed E-state index contributed by atoms with van der Waals surface area (Å²) in [5.41, 5.74) is 1.79. The summed E-state index contributed by atoms with van der Waals surface area (Å²) in [5.74, 6) is -0.430. The number of aromatic nitrogens is 1. The van der Waals surface area contributed by atoms with Gasteiger partial charge in [-0.05, 0) is 56.1 Å². The van der Waals surface area contributed by atoms with Gasteiger partial charge in [0.15, 0.2) is 10.9 Å². The van der Waals surface area contributed by atoms with Crippen LogP contribution in [0.2, 0.25) is 0 Å². The third kappa shape index (κ3) is 5.33. The van der Waals surface area contributed by atoms with Crippen LogP contribution in [0, 0.1) is 11.6 Å². The van der Waals surface area contributed by atoms with Crippen LogP contribution >= 0.6 is 43.2 Å². The normalized spacial score (nSPS) is 14.9. The van der Waals surface area contributed by atoms with Crippen molar-refractivity contribution in [3.63, 3.8) is 0 Å². The fraction of sp³-hybridized carbons (Fsp3) is 0.318. The van der Waals surface area contributed by atoms with Crippen LogP contribution in [0.25, 0.3) is 0 Å². The standard InChI is InChI=1S/C22H21Br2F2N3O4S2/c1-32-15-3-4-18(33-2)13(10-15)9-14-12-34-22(27-14)28-5-7-29(8-6-28)35(30,31)21-19(24)17(25)11-16(23)20(21)26/h3-4,10-12H,5-9H2,1-2H3. The molecule has 1 aliphatic rings. The molecule has 3 aromatic rings. The zero-order valence-corrected chi connectivity index (χ0v) is 23.5. The van der Waals surface area contributed by atoms with Gasteiger partial charge in [0.2, 0.25) is 10.0 Å². The Morgan fingerprint density at radius 2 is 1.80 bits per heavy atom. The largest absolute Gasteiger partial charge is 0.497 e. The van der Waals surface area contributed by atoms with Crippen LogP contribution in [0.15, 0.2) is 43.5 Å². The van der Waals surface area contributed by atoms with Crippen LogP contribution in [0.3, 0.4) is 0 Å². The molecule has 13 heteroatoms. The van der Waals surface area contributed by atoms with Crippen molar-refractivity contribution in [2.45, 2.75) is 11.3 Å². The van der Waals surface area contributed by atoms with Gasteiger partial charge in [-0.1, -0.05) is 0 Å². The number of thiazole rings is 1. The van der Waals surface area contributed by atoms with Gasteiger partial charge in [-0.3, -0.25) is 0 Å². The zero-order chi connectivity index (χ0) is 25.3. The van der Waals surface area contributed by atoms with Crippen LogP contribution in [-0.2, 0) is 16.4 Å². The number of benzene rings is 2. The van der Waals surface area contributed by atoms with Gasteiger partial charge in [-0.2, -0.15) is 4.31 Å². The van der Waals surface area contributed by atoms with E-state index in [2.05, 4.69) is 31.9 Å². The van der Waals surface area contributed by atoms with Crippen molar-refractivity contribution in [2.75, 3.05) is 45.3 Å². The van der Waals surface area contributed by atoms with Gasteiger partial charge in [0.25, 0.3) is 0 Å². The minimum absolute atomic E-state index is 0.112. The second kappa shape index (κ2) is 10.7. The van der Waals surface area contributed by atoms with E-state index in [0.29, 0.717) is 19.5 Å². The monoisotopic (exact) mass is 651 g/mol. The lowest BCUT2D eigenvalue weighted by molar-refractivity contribution is 0.381. The van der Waals surface area contributed by atoms with Crippen molar-refractivity contribution in [1.29, 1.82) is 0 Å². The Morgan fingerprint density at radius 3 is 2.46 bits per heavy atom. The average molecular weight is 653 g/mol. The van der Waals surface area contributed by atoms with E-state index in [1.807, 2.05) is 28.5 Å². The molecule has 0 amide bonds. The molecule has 0 unspecified atom stereocenters. The number of piperazine rings is 1. The van der Waals surface area contributed by atoms with E-state index in [0.717, 1.165) is 38.3 Å². The Kier molecular flexibility index (Phi) is 8.01. The highest BCUT2D eigenvalue weighted by molar-refractivity contribution is 9.11. The molecule has 4 rings (SSSR count). The first-order chi connectivity index (χ1) is 16.6. The highest BCUT2D eigenvalue weighted by atomic mass is 79.9. The summed E-state index contributed by atoms with van der Waals surface area (Å²) in [6.45, 7) is 0.955. The third-order valence-electron chi connectivity index (χ3n) is 5.58. The zero-order valence-electron chi connectivity index (χ0n) is 18.7. The van der Waals surface area contributed by atoms with Crippen molar-refractivity contribution in [3.8, 4) is 11.5 Å². The number of methoxy groups -OCH3 is 2. The Bertz CT molecular complexity index is 1320. The molecule has 0 spiro atoms. The fourth-order valence-electron chi connectivity index (χ4n) is 3.76. The van der Waals surface area contributed by atoms with Gasteiger partial charge in [0.05, 0.1) is 28.9 Å². The van der Waals surface area contributed by atoms with Gasteiger partial charge >= 0.3 is 0 Å². The van der Waals surface area contributed by atoms with E-state index >= 15 is 0 Å². The Morgan fingerprint density at radius 1 is 1.09 bits per heavy atom. The number of ether oxygens (including phenoxy) is 2. The molecule has 2 aromatic carbocycles. The SMILES string of the molecule is COc1ccc(OC)c(Cc2csc(N3CCN(S(=O)(=O)c4c(F)c(Br)cc(F)c4Br)CC3)n2)c1. The van der Waals surface area contributed by atoms with E-state index < -0.39 is 31.0 Å². The lowest BCUT2D eigenvalue weighted by Crippen LogP contribution is -2.49. The van der Waals surface area contributed by atoms with E-state index in [9.17, 15) is 17.2 Å². The fourth-order valence-corrected chi connectivity index (χ4v) is 7.64. The maximum Gasteiger partial charge on any atom is 0.247 e. The lowest BCUT2D eigenvalue weighted by Gasteiger charge is -2.34. The number of nitrogens with zero attached hydrogens (tertiary/aromatic N) is 3. The van der Waals surface area contributed by atoms with Crippen LogP contribution in [-0.4, -0.2) is 58.1 Å². The van der Waals surface area contributed by atoms with Crippen molar-refractivity contribution >= 4 is 58.4 Å². The molecular weight excluding hydrogens is 632 g/mol. The van der Waals surface area contributed by atoms with Gasteiger partial charge in [-0.15, -0.1) is 11.3 Å². The Balaban J connectivity index is 1.47. The number of halogens is 4. The summed E-state index contributed by atoms with van der Waals surface area (Å²) >= 11 is 7.23. The predicted octanol–water partition coefficient (Wildman–Crippen LogP) is 5.07. The average Bonchev–Trinajstić information content (AvgIpc) is 3.31. The first kappa shape index (κ1) is 26.3. The van der Waals surface area contributed by atoms with Crippen molar-refractivity contribution in [3.05, 3.63) is 61.5 Å². The quantitative estimate of drug-likeness (QED) is 0.332. The van der Waals surface area contributed by atoms with E-state index in [-0.39, 0.29) is 17.6 Å². The summed E-state index contributed by atoms with van der Waals surface area (Å²) in [4.78, 5) is 5.99. The van der Waals surface area contributed by atoms with Gasteiger partial charge in [-0.25, -0.2) is 22.2 Å². The topological polar surface area (TPSA) is 72.0 Å². The van der Waals surface area contributed by atoms with Crippen molar-refractivity contribution in [1.82, 2.24) is 9.29 Å². The van der Waals surface area contributed by atoms with Crippen molar-refractivity contribution in [2.24, 2.45) is 0 Å². The van der Waals surface area contributed by atoms with E-state index in [1.54, 1.807) is 14.2 Å². The summed E-state index contributed by atoms with van der Waals surface area (Å²) in [6.07, 6.45) is 0.549. The third-order valence-corrected chi connectivity index (χ3v) is 10.1. The van der Waals surface area contributed by atoms with E-state index in [4.69, 9.17) is 14.5 Å². The highest BCUT2D eigenvalue weighted by Gasteiger charge is 2.35. The molecule has 1 fully saturated rings. The molecule has 188 valence electrons. The number of hydrogen-bond donors (Lipinski definition) is 0. The molecule has 7 nitrogen and oxygen atoms in total. The van der Waals surface area contributed by atoms with Gasteiger partial charge in [0, 0.05) is 43.5 Å². The maximum atomic E-state index is 14.6. The maximum absolute atomic E-state index is 14.6. The van der Waals surface area contributed by atoms with Crippen molar-refractivity contribution < 1.29 is 26.7 Å². The summed E-state index contributed by atoms with van der Waals surface area (Å²) in [6, 6.07) is 6.47. The van der Waals surface area contributed by atoms with Gasteiger partial charge in [0.1, 0.15) is 22.2 Å². The molecule has 0 bridgehead atoms. The first-order valence-corrected chi connectivity index (χ1v) is 14.3.